The molecule has 0 radical (unpaired) electrons. The Morgan fingerprint density at radius 3 is 2.37 bits per heavy atom. The van der Waals surface area contributed by atoms with Crippen LogP contribution in [0.2, 0.25) is 0 Å². The van der Waals surface area contributed by atoms with E-state index in [1.165, 1.54) is 5.56 Å². The summed E-state index contributed by atoms with van der Waals surface area (Å²) < 4.78 is 11.4. The second kappa shape index (κ2) is 13.1. The summed E-state index contributed by atoms with van der Waals surface area (Å²) in [5, 5.41) is 11.5. The normalized spacial score (nSPS) is 19.1. The van der Waals surface area contributed by atoms with Crippen LogP contribution in [0.4, 0.5) is 0 Å². The molecule has 0 spiro atoms. The highest BCUT2D eigenvalue weighted by atomic mass is 16.5. The van der Waals surface area contributed by atoms with Gasteiger partial charge in [-0.3, -0.25) is 14.5 Å². The van der Waals surface area contributed by atoms with Crippen molar-refractivity contribution in [2.75, 3.05) is 39.4 Å². The third-order valence-electron chi connectivity index (χ3n) is 7.91. The first-order chi connectivity index (χ1) is 20.0. The maximum absolute atomic E-state index is 13.5. The van der Waals surface area contributed by atoms with E-state index in [0.717, 1.165) is 49.2 Å². The van der Waals surface area contributed by atoms with Gasteiger partial charge in [-0.2, -0.15) is 0 Å². The predicted octanol–water partition coefficient (Wildman–Crippen LogP) is 5.28. The number of nitrogens with zero attached hydrogens (tertiary/aromatic N) is 2. The van der Waals surface area contributed by atoms with Gasteiger partial charge in [0.15, 0.2) is 0 Å². The van der Waals surface area contributed by atoms with Gasteiger partial charge in [-0.05, 0) is 60.2 Å². The van der Waals surface area contributed by atoms with E-state index in [1.807, 2.05) is 61.5 Å². The first-order valence-electron chi connectivity index (χ1n) is 14.4. The topological polar surface area (TPSA) is 79.3 Å². The van der Waals surface area contributed by atoms with Gasteiger partial charge in [0.25, 0.3) is 11.7 Å². The number of aliphatic hydroxyl groups is 1. The molecule has 7 nitrogen and oxygen atoms in total. The van der Waals surface area contributed by atoms with E-state index in [4.69, 9.17) is 9.47 Å². The zero-order chi connectivity index (χ0) is 28.8. The Kier molecular flexibility index (Phi) is 9.17. The van der Waals surface area contributed by atoms with Gasteiger partial charge in [-0.15, -0.1) is 0 Å². The molecule has 3 aromatic carbocycles. The van der Waals surface area contributed by atoms with E-state index < -0.39 is 17.7 Å². The molecule has 2 aliphatic heterocycles. The zero-order valence-electron chi connectivity index (χ0n) is 23.8. The lowest BCUT2D eigenvalue weighted by molar-refractivity contribution is -0.140. The Morgan fingerprint density at radius 1 is 0.951 bits per heavy atom. The van der Waals surface area contributed by atoms with Crippen molar-refractivity contribution in [1.29, 1.82) is 0 Å². The van der Waals surface area contributed by atoms with Gasteiger partial charge in [-0.25, -0.2) is 0 Å². The summed E-state index contributed by atoms with van der Waals surface area (Å²) >= 11 is 0. The van der Waals surface area contributed by atoms with Crippen molar-refractivity contribution in [2.24, 2.45) is 0 Å². The molecule has 0 bridgehead atoms. The number of Topliss-reactive ketones (excluding diaryl/α,β-unsaturated/α-hetero) is 1. The second-order valence-electron chi connectivity index (χ2n) is 10.6. The number of hydrogen-bond acceptors (Lipinski definition) is 6. The molecule has 214 valence electrons. The zero-order valence-corrected chi connectivity index (χ0v) is 23.8. The van der Waals surface area contributed by atoms with Crippen LogP contribution in [0.15, 0.2) is 78.4 Å². The van der Waals surface area contributed by atoms with Gasteiger partial charge in [0.05, 0.1) is 24.8 Å². The number of rotatable bonds is 10. The summed E-state index contributed by atoms with van der Waals surface area (Å²) in [6, 6.07) is 22.6. The first kappa shape index (κ1) is 28.6. The molecule has 0 unspecified atom stereocenters. The third kappa shape index (κ3) is 6.53. The Labute approximate surface area is 242 Å². The SMILES string of the molecule is CCc1ccc([C@@H]2/C(=C(\O)c3ccc(OCc4ccccc4)c(C)c3)C(=O)C(=O)N2CCCN2CCOCC2)cc1. The molecule has 2 aliphatic rings. The number of aliphatic hydroxyl groups excluding tert-OH is 1. The number of hydrogen-bond donors (Lipinski definition) is 1. The molecular formula is C34H38N2O5. The van der Waals surface area contributed by atoms with Crippen molar-refractivity contribution in [3.63, 3.8) is 0 Å². The Hall–Kier alpha value is -3.94. The summed E-state index contributed by atoms with van der Waals surface area (Å²) in [6.07, 6.45) is 1.61. The van der Waals surface area contributed by atoms with E-state index in [-0.39, 0.29) is 11.3 Å². The largest absolute Gasteiger partial charge is 0.507 e. The van der Waals surface area contributed by atoms with E-state index in [0.29, 0.717) is 37.7 Å². The molecule has 0 saturated carbocycles. The number of aryl methyl sites for hydroxylation is 2. The van der Waals surface area contributed by atoms with Crippen LogP contribution >= 0.6 is 0 Å². The lowest BCUT2D eigenvalue weighted by atomic mass is 9.94. The van der Waals surface area contributed by atoms with E-state index in [2.05, 4.69) is 11.8 Å². The smallest absolute Gasteiger partial charge is 0.295 e. The highest BCUT2D eigenvalue weighted by Gasteiger charge is 2.45. The molecule has 2 saturated heterocycles. The highest BCUT2D eigenvalue weighted by molar-refractivity contribution is 6.46. The standard InChI is InChI=1S/C34H38N2O5/c1-3-25-10-12-27(13-11-25)31-30(33(38)34(39)36(31)17-7-16-35-18-20-40-21-19-35)32(37)28-14-15-29(24(2)22-28)41-23-26-8-5-4-6-9-26/h4-6,8-15,22,31,37H,3,7,16-21,23H2,1-2H3/b32-30+/t31-/m1/s1. The fourth-order valence-electron chi connectivity index (χ4n) is 5.53. The molecule has 0 aliphatic carbocycles. The molecule has 2 fully saturated rings. The van der Waals surface area contributed by atoms with Crippen molar-refractivity contribution in [3.8, 4) is 5.75 Å². The number of morpholine rings is 1. The summed E-state index contributed by atoms with van der Waals surface area (Å²) in [5.41, 5.74) is 4.47. The number of ketones is 1. The van der Waals surface area contributed by atoms with Crippen LogP contribution < -0.4 is 4.74 Å². The fourth-order valence-corrected chi connectivity index (χ4v) is 5.53. The van der Waals surface area contributed by atoms with E-state index in [1.54, 1.807) is 23.1 Å². The van der Waals surface area contributed by atoms with Gasteiger partial charge in [0.2, 0.25) is 0 Å². The quantitative estimate of drug-likeness (QED) is 0.209. The highest BCUT2D eigenvalue weighted by Crippen LogP contribution is 2.40. The first-order valence-corrected chi connectivity index (χ1v) is 14.4. The fraction of sp³-hybridized carbons (Fsp3) is 0.353. The van der Waals surface area contributed by atoms with Crippen molar-refractivity contribution in [2.45, 2.75) is 39.3 Å². The summed E-state index contributed by atoms with van der Waals surface area (Å²) in [4.78, 5) is 30.8. The number of benzene rings is 3. The summed E-state index contributed by atoms with van der Waals surface area (Å²) in [6.45, 7) is 8.81. The number of carbonyl (C=O) groups is 2. The van der Waals surface area contributed by atoms with Crippen molar-refractivity contribution in [3.05, 3.63) is 106 Å². The molecule has 2 heterocycles. The van der Waals surface area contributed by atoms with Gasteiger partial charge in [0, 0.05) is 31.7 Å². The lowest BCUT2D eigenvalue weighted by Crippen LogP contribution is -2.38. The number of carbonyl (C=O) groups excluding carboxylic acids is 2. The summed E-state index contributed by atoms with van der Waals surface area (Å²) in [7, 11) is 0. The molecule has 1 atom stereocenters. The minimum absolute atomic E-state index is 0.128. The van der Waals surface area contributed by atoms with E-state index >= 15 is 0 Å². The molecule has 5 rings (SSSR count). The Bertz CT molecular complexity index is 1390. The van der Waals surface area contributed by atoms with Crippen LogP contribution in [0.5, 0.6) is 5.75 Å². The van der Waals surface area contributed by atoms with Gasteiger partial charge in [0.1, 0.15) is 18.1 Å². The molecule has 1 amide bonds. The molecule has 7 heteroatoms. The van der Waals surface area contributed by atoms with Crippen LogP contribution in [0.3, 0.4) is 0 Å². The lowest BCUT2D eigenvalue weighted by Gasteiger charge is -2.29. The van der Waals surface area contributed by atoms with Crippen LogP contribution in [0.1, 0.15) is 47.2 Å². The van der Waals surface area contributed by atoms with Crippen LogP contribution in [-0.2, 0) is 27.4 Å². The second-order valence-corrected chi connectivity index (χ2v) is 10.6. The molecule has 3 aromatic rings. The number of ether oxygens (including phenoxy) is 2. The Balaban J connectivity index is 1.42. The van der Waals surface area contributed by atoms with Crippen LogP contribution in [0, 0.1) is 6.92 Å². The molecule has 1 N–H and O–H groups in total. The summed E-state index contributed by atoms with van der Waals surface area (Å²) in [5.74, 6) is -0.694. The van der Waals surface area contributed by atoms with Crippen molar-refractivity contribution >= 4 is 17.4 Å². The van der Waals surface area contributed by atoms with Crippen LogP contribution in [-0.4, -0.2) is 66.0 Å². The van der Waals surface area contributed by atoms with Gasteiger partial charge in [-0.1, -0.05) is 61.5 Å². The minimum Gasteiger partial charge on any atom is -0.507 e. The van der Waals surface area contributed by atoms with Crippen LogP contribution in [0.25, 0.3) is 5.76 Å². The maximum atomic E-state index is 13.5. The Morgan fingerprint density at radius 2 is 1.68 bits per heavy atom. The van der Waals surface area contributed by atoms with Gasteiger partial charge < -0.3 is 19.5 Å². The molecular weight excluding hydrogens is 516 g/mol. The number of likely N-dealkylation sites (tertiary alicyclic amines) is 1. The monoisotopic (exact) mass is 554 g/mol. The third-order valence-corrected chi connectivity index (χ3v) is 7.91. The average molecular weight is 555 g/mol. The molecule has 41 heavy (non-hydrogen) atoms. The predicted molar refractivity (Wildman–Crippen MR) is 159 cm³/mol. The average Bonchev–Trinajstić information content (AvgIpc) is 3.26. The van der Waals surface area contributed by atoms with E-state index in [9.17, 15) is 14.7 Å². The van der Waals surface area contributed by atoms with Crippen molar-refractivity contribution in [1.82, 2.24) is 9.80 Å². The minimum atomic E-state index is -0.653. The number of amides is 1. The molecule has 0 aromatic heterocycles. The maximum Gasteiger partial charge on any atom is 0.295 e. The van der Waals surface area contributed by atoms with Gasteiger partial charge >= 0.3 is 0 Å². The van der Waals surface area contributed by atoms with Crippen molar-refractivity contribution < 1.29 is 24.2 Å².